The molecule has 0 spiro atoms. The number of amides is 1. The number of H-pyrrole nitrogens is 1. The summed E-state index contributed by atoms with van der Waals surface area (Å²) in [5, 5.41) is 0.0590. The van der Waals surface area contributed by atoms with E-state index < -0.39 is 5.82 Å². The van der Waals surface area contributed by atoms with Gasteiger partial charge in [-0.1, -0.05) is 41.4 Å². The van der Waals surface area contributed by atoms with Crippen LogP contribution in [-0.2, 0) is 13.0 Å². The molecule has 1 amide bonds. The number of carbonyl (C=O) groups excluding carboxylic acids is 1. The molecule has 0 fully saturated rings. The van der Waals surface area contributed by atoms with Crippen LogP contribution in [0.3, 0.4) is 0 Å². The van der Waals surface area contributed by atoms with Crippen molar-refractivity contribution in [2.75, 3.05) is 6.54 Å². The Balaban J connectivity index is 1.48. The summed E-state index contributed by atoms with van der Waals surface area (Å²) in [7, 11) is 0. The first-order valence-corrected chi connectivity index (χ1v) is 11.2. The fourth-order valence-electron chi connectivity index (χ4n) is 4.28. The molecule has 1 aliphatic heterocycles. The highest BCUT2D eigenvalue weighted by Gasteiger charge is 2.23. The lowest BCUT2D eigenvalue weighted by atomic mass is 9.97. The number of aryl methyl sites for hydroxylation is 2. The fourth-order valence-corrected chi connectivity index (χ4v) is 4.75. The summed E-state index contributed by atoms with van der Waals surface area (Å²) < 4.78 is 14.0. The Labute approximate surface area is 195 Å². The number of imidazole rings is 1. The van der Waals surface area contributed by atoms with Gasteiger partial charge in [-0.05, 0) is 72.4 Å². The molecule has 3 aromatic carbocycles. The Hall–Kier alpha value is -2.89. The summed E-state index contributed by atoms with van der Waals surface area (Å²) in [5.41, 5.74) is 6.49. The van der Waals surface area contributed by atoms with Crippen molar-refractivity contribution in [3.8, 4) is 11.1 Å². The van der Waals surface area contributed by atoms with Crippen molar-refractivity contribution in [3.63, 3.8) is 0 Å². The third-order valence-electron chi connectivity index (χ3n) is 5.90. The van der Waals surface area contributed by atoms with E-state index in [2.05, 4.69) is 40.3 Å². The van der Waals surface area contributed by atoms with Gasteiger partial charge in [0.05, 0.1) is 26.6 Å². The molecule has 1 aliphatic rings. The summed E-state index contributed by atoms with van der Waals surface area (Å²) in [5.74, 6) is -0.0660. The zero-order valence-electron chi connectivity index (χ0n) is 17.4. The molecule has 162 valence electrons. The van der Waals surface area contributed by atoms with Crippen molar-refractivity contribution >= 4 is 40.1 Å². The zero-order chi connectivity index (χ0) is 22.4. The summed E-state index contributed by atoms with van der Waals surface area (Å²) >= 11 is 12.0. The highest BCUT2D eigenvalue weighted by Crippen LogP contribution is 2.30. The van der Waals surface area contributed by atoms with Crippen LogP contribution in [0.25, 0.3) is 22.2 Å². The van der Waals surface area contributed by atoms with Crippen LogP contribution < -0.4 is 0 Å². The van der Waals surface area contributed by atoms with Crippen molar-refractivity contribution in [1.82, 2.24) is 14.9 Å². The van der Waals surface area contributed by atoms with E-state index in [9.17, 15) is 9.18 Å². The number of rotatable bonds is 2. The van der Waals surface area contributed by atoms with Crippen molar-refractivity contribution in [1.29, 1.82) is 0 Å². The van der Waals surface area contributed by atoms with E-state index in [1.54, 1.807) is 4.90 Å². The molecule has 4 aromatic rings. The standard InChI is InChI=1S/C25H20Cl2FN3O/c1-14-29-23-7-6-17(10-24(23)30-14)16-5-4-15-3-2-8-31(13-18(15)9-16)25(32)19-11-22(28)21(27)12-20(19)26/h4-7,9-12H,2-3,8,13H2,1H3,(H,29,30). The van der Waals surface area contributed by atoms with Crippen molar-refractivity contribution < 1.29 is 9.18 Å². The molecule has 1 N–H and O–H groups in total. The van der Waals surface area contributed by atoms with E-state index in [0.29, 0.717) is 13.1 Å². The van der Waals surface area contributed by atoms with Gasteiger partial charge >= 0.3 is 0 Å². The van der Waals surface area contributed by atoms with Gasteiger partial charge in [0.15, 0.2) is 0 Å². The van der Waals surface area contributed by atoms with Gasteiger partial charge in [-0.15, -0.1) is 0 Å². The molecule has 2 heterocycles. The van der Waals surface area contributed by atoms with Crippen LogP contribution in [0, 0.1) is 12.7 Å². The maximum atomic E-state index is 14.0. The summed E-state index contributed by atoms with van der Waals surface area (Å²) in [6.45, 7) is 2.95. The molecule has 0 saturated carbocycles. The van der Waals surface area contributed by atoms with E-state index in [1.165, 1.54) is 11.6 Å². The molecule has 5 rings (SSSR count). The Morgan fingerprint density at radius 1 is 1.03 bits per heavy atom. The van der Waals surface area contributed by atoms with E-state index in [0.717, 1.165) is 52.5 Å². The fraction of sp³-hybridized carbons (Fsp3) is 0.200. The topological polar surface area (TPSA) is 49.0 Å². The van der Waals surface area contributed by atoms with Gasteiger partial charge in [-0.25, -0.2) is 9.37 Å². The molecule has 1 aromatic heterocycles. The molecule has 0 bridgehead atoms. The van der Waals surface area contributed by atoms with E-state index in [-0.39, 0.29) is 21.5 Å². The van der Waals surface area contributed by atoms with Crippen molar-refractivity contribution in [2.24, 2.45) is 0 Å². The van der Waals surface area contributed by atoms with E-state index >= 15 is 0 Å². The molecule has 7 heteroatoms. The highest BCUT2D eigenvalue weighted by molar-refractivity contribution is 6.36. The van der Waals surface area contributed by atoms with Crippen molar-refractivity contribution in [3.05, 3.63) is 86.9 Å². The van der Waals surface area contributed by atoms with Gasteiger partial charge in [-0.2, -0.15) is 0 Å². The van der Waals surface area contributed by atoms with E-state index in [4.69, 9.17) is 23.2 Å². The minimum absolute atomic E-state index is 0.0959. The number of fused-ring (bicyclic) bond motifs is 2. The third kappa shape index (κ3) is 3.87. The Bertz CT molecular complexity index is 1370. The highest BCUT2D eigenvalue weighted by atomic mass is 35.5. The first-order valence-electron chi connectivity index (χ1n) is 10.4. The monoisotopic (exact) mass is 467 g/mol. The SMILES string of the molecule is Cc1nc2cc(-c3ccc4c(c3)CN(C(=O)c3cc(F)c(Cl)cc3Cl)CCC4)ccc2[nH]1. The van der Waals surface area contributed by atoms with Crippen molar-refractivity contribution in [2.45, 2.75) is 26.3 Å². The molecular weight excluding hydrogens is 448 g/mol. The second kappa shape index (κ2) is 8.23. The number of aromatic nitrogens is 2. The number of nitrogens with zero attached hydrogens (tertiary/aromatic N) is 2. The largest absolute Gasteiger partial charge is 0.342 e. The summed E-state index contributed by atoms with van der Waals surface area (Å²) in [6.07, 6.45) is 1.70. The normalized spacial score (nSPS) is 13.8. The number of nitrogens with one attached hydrogen (secondary N) is 1. The molecule has 0 aliphatic carbocycles. The summed E-state index contributed by atoms with van der Waals surface area (Å²) in [6, 6.07) is 14.9. The Morgan fingerprint density at radius 3 is 2.66 bits per heavy atom. The number of aromatic amines is 1. The lowest BCUT2D eigenvalue weighted by Gasteiger charge is -2.22. The Morgan fingerprint density at radius 2 is 1.81 bits per heavy atom. The minimum Gasteiger partial charge on any atom is -0.342 e. The zero-order valence-corrected chi connectivity index (χ0v) is 18.9. The van der Waals surface area contributed by atoms with Crippen LogP contribution in [-0.4, -0.2) is 27.3 Å². The first kappa shape index (κ1) is 21.0. The van der Waals surface area contributed by atoms with Crippen LogP contribution in [0.5, 0.6) is 0 Å². The lowest BCUT2D eigenvalue weighted by Crippen LogP contribution is -2.31. The van der Waals surface area contributed by atoms with Gasteiger partial charge < -0.3 is 9.88 Å². The molecule has 0 unspecified atom stereocenters. The van der Waals surface area contributed by atoms with Gasteiger partial charge in [-0.3, -0.25) is 4.79 Å². The minimum atomic E-state index is -0.652. The van der Waals surface area contributed by atoms with Crippen LogP contribution >= 0.6 is 23.2 Å². The first-order chi connectivity index (χ1) is 15.4. The second-order valence-electron chi connectivity index (χ2n) is 8.11. The Kier molecular flexibility index (Phi) is 5.39. The quantitative estimate of drug-likeness (QED) is 0.338. The smallest absolute Gasteiger partial charge is 0.255 e. The van der Waals surface area contributed by atoms with Gasteiger partial charge in [0.1, 0.15) is 11.6 Å². The molecule has 0 saturated heterocycles. The summed E-state index contributed by atoms with van der Waals surface area (Å²) in [4.78, 5) is 22.7. The molecule has 4 nitrogen and oxygen atoms in total. The van der Waals surface area contributed by atoms with Gasteiger partial charge in [0, 0.05) is 13.1 Å². The second-order valence-corrected chi connectivity index (χ2v) is 8.93. The molecule has 32 heavy (non-hydrogen) atoms. The predicted molar refractivity (Wildman–Crippen MR) is 126 cm³/mol. The predicted octanol–water partition coefficient (Wildman–Crippen LogP) is 6.57. The number of benzene rings is 3. The van der Waals surface area contributed by atoms with Gasteiger partial charge in [0.2, 0.25) is 0 Å². The number of hydrogen-bond donors (Lipinski definition) is 1. The molecule has 0 atom stereocenters. The van der Waals surface area contributed by atoms with Gasteiger partial charge in [0.25, 0.3) is 5.91 Å². The number of hydrogen-bond acceptors (Lipinski definition) is 2. The average molecular weight is 468 g/mol. The van der Waals surface area contributed by atoms with Crippen LogP contribution in [0.4, 0.5) is 4.39 Å². The van der Waals surface area contributed by atoms with Crippen LogP contribution in [0.1, 0.15) is 33.7 Å². The van der Waals surface area contributed by atoms with Crippen LogP contribution in [0.15, 0.2) is 48.5 Å². The number of halogens is 3. The molecule has 0 radical (unpaired) electrons. The van der Waals surface area contributed by atoms with E-state index in [1.807, 2.05) is 13.0 Å². The van der Waals surface area contributed by atoms with Crippen LogP contribution in [0.2, 0.25) is 10.0 Å². The maximum Gasteiger partial charge on any atom is 0.255 e. The third-order valence-corrected chi connectivity index (χ3v) is 6.51. The lowest BCUT2D eigenvalue weighted by molar-refractivity contribution is 0.0745. The maximum absolute atomic E-state index is 14.0. The molecular formula is C25H20Cl2FN3O. The number of carbonyl (C=O) groups is 1. The average Bonchev–Trinajstić information content (AvgIpc) is 3.01.